The van der Waals surface area contributed by atoms with Crippen LogP contribution >= 0.6 is 0 Å². The van der Waals surface area contributed by atoms with E-state index in [0.29, 0.717) is 17.1 Å². The molecule has 5 rings (SSSR count). The molecular formula is C25H27FN2O4. The third-order valence-electron chi connectivity index (χ3n) is 6.62. The van der Waals surface area contributed by atoms with E-state index in [1.54, 1.807) is 21.9 Å². The molecule has 2 aliphatic heterocycles. The Hall–Kier alpha value is -3.09. The first-order chi connectivity index (χ1) is 15.6. The Kier molecular flexibility index (Phi) is 5.72. The van der Waals surface area contributed by atoms with E-state index >= 15 is 0 Å². The standard InChI is InChI=1S/C25H27FN2O4/c26-18-12-10-17(11-13-18)24-25(30)27(19-6-2-1-3-7-19)15-23(29)28(24)14-20-16-31-21-8-4-5-9-22(21)32-20/h4-5,8-13,19-20,24H,1-3,6-7,14-16H2/t20-,24-/m1/s1. The smallest absolute Gasteiger partial charge is 0.250 e. The fraction of sp³-hybridized carbons (Fsp3) is 0.440. The zero-order valence-corrected chi connectivity index (χ0v) is 17.9. The zero-order valence-electron chi connectivity index (χ0n) is 17.9. The average Bonchev–Trinajstić information content (AvgIpc) is 2.83. The molecule has 0 bridgehead atoms. The van der Waals surface area contributed by atoms with Gasteiger partial charge in [0.2, 0.25) is 5.91 Å². The van der Waals surface area contributed by atoms with E-state index in [9.17, 15) is 14.0 Å². The lowest BCUT2D eigenvalue weighted by Gasteiger charge is -2.45. The summed E-state index contributed by atoms with van der Waals surface area (Å²) in [6.45, 7) is 0.586. The molecule has 6 nitrogen and oxygen atoms in total. The second kappa shape index (κ2) is 8.81. The number of amides is 2. The zero-order chi connectivity index (χ0) is 22.1. The second-order valence-electron chi connectivity index (χ2n) is 8.76. The second-order valence-corrected chi connectivity index (χ2v) is 8.76. The molecule has 0 radical (unpaired) electrons. The fourth-order valence-corrected chi connectivity index (χ4v) is 5.00. The van der Waals surface area contributed by atoms with Gasteiger partial charge in [0.1, 0.15) is 25.0 Å². The van der Waals surface area contributed by atoms with Crippen LogP contribution in [0.15, 0.2) is 48.5 Å². The topological polar surface area (TPSA) is 59.1 Å². The number of halogens is 1. The highest BCUT2D eigenvalue weighted by molar-refractivity contribution is 5.95. The van der Waals surface area contributed by atoms with Crippen molar-refractivity contribution < 1.29 is 23.5 Å². The normalized spacial score (nSPS) is 24.0. The van der Waals surface area contributed by atoms with Gasteiger partial charge in [0.15, 0.2) is 17.6 Å². The number of fused-ring (bicyclic) bond motifs is 1. The molecule has 2 atom stereocenters. The summed E-state index contributed by atoms with van der Waals surface area (Å²) in [6, 6.07) is 12.6. The number of hydrogen-bond acceptors (Lipinski definition) is 4. The van der Waals surface area contributed by atoms with Gasteiger partial charge in [0.05, 0.1) is 6.54 Å². The first-order valence-electron chi connectivity index (χ1n) is 11.3. The number of carbonyl (C=O) groups excluding carboxylic acids is 2. The van der Waals surface area contributed by atoms with E-state index < -0.39 is 12.1 Å². The van der Waals surface area contributed by atoms with Crippen LogP contribution in [0.25, 0.3) is 0 Å². The van der Waals surface area contributed by atoms with Gasteiger partial charge in [-0.05, 0) is 42.7 Å². The Balaban J connectivity index is 1.41. The van der Waals surface area contributed by atoms with Crippen molar-refractivity contribution in [1.29, 1.82) is 0 Å². The highest BCUT2D eigenvalue weighted by Crippen LogP contribution is 2.35. The number of hydrogen-bond donors (Lipinski definition) is 0. The quantitative estimate of drug-likeness (QED) is 0.730. The Morgan fingerprint density at radius 3 is 2.41 bits per heavy atom. The summed E-state index contributed by atoms with van der Waals surface area (Å²) in [5.41, 5.74) is 0.613. The minimum Gasteiger partial charge on any atom is -0.486 e. The Morgan fingerprint density at radius 1 is 0.938 bits per heavy atom. The van der Waals surface area contributed by atoms with Crippen LogP contribution in [-0.4, -0.2) is 53.5 Å². The molecule has 7 heteroatoms. The van der Waals surface area contributed by atoms with E-state index in [0.717, 1.165) is 25.7 Å². The van der Waals surface area contributed by atoms with Crippen molar-refractivity contribution in [3.63, 3.8) is 0 Å². The number of carbonyl (C=O) groups is 2. The van der Waals surface area contributed by atoms with Crippen molar-refractivity contribution in [3.8, 4) is 11.5 Å². The monoisotopic (exact) mass is 438 g/mol. The molecule has 32 heavy (non-hydrogen) atoms. The average molecular weight is 438 g/mol. The van der Waals surface area contributed by atoms with Crippen molar-refractivity contribution in [2.45, 2.75) is 50.3 Å². The van der Waals surface area contributed by atoms with Crippen molar-refractivity contribution in [2.24, 2.45) is 0 Å². The summed E-state index contributed by atoms with van der Waals surface area (Å²) in [5, 5.41) is 0. The minimum atomic E-state index is -0.792. The summed E-state index contributed by atoms with van der Waals surface area (Å²) < 4.78 is 25.5. The van der Waals surface area contributed by atoms with Gasteiger partial charge < -0.3 is 19.3 Å². The van der Waals surface area contributed by atoms with Gasteiger partial charge in [-0.1, -0.05) is 43.5 Å². The highest BCUT2D eigenvalue weighted by Gasteiger charge is 2.44. The van der Waals surface area contributed by atoms with E-state index in [4.69, 9.17) is 9.47 Å². The maximum Gasteiger partial charge on any atom is 0.250 e. The SMILES string of the molecule is O=C1[C@@H](c2ccc(F)cc2)N(C[C@@H]2COc3ccccc3O2)C(=O)CN1C1CCCCC1. The van der Waals surface area contributed by atoms with Crippen LogP contribution in [0.2, 0.25) is 0 Å². The van der Waals surface area contributed by atoms with Crippen LogP contribution in [0, 0.1) is 5.82 Å². The van der Waals surface area contributed by atoms with Crippen molar-refractivity contribution >= 4 is 11.8 Å². The molecule has 2 amide bonds. The maximum atomic E-state index is 13.7. The minimum absolute atomic E-state index is 0.0748. The predicted molar refractivity (Wildman–Crippen MR) is 116 cm³/mol. The van der Waals surface area contributed by atoms with Crippen LogP contribution in [-0.2, 0) is 9.59 Å². The van der Waals surface area contributed by atoms with Gasteiger partial charge in [-0.15, -0.1) is 0 Å². The lowest BCUT2D eigenvalue weighted by Crippen LogP contribution is -2.60. The summed E-state index contributed by atoms with van der Waals surface area (Å²) in [7, 11) is 0. The lowest BCUT2D eigenvalue weighted by atomic mass is 9.91. The highest BCUT2D eigenvalue weighted by atomic mass is 19.1. The first kappa shape index (κ1) is 20.8. The van der Waals surface area contributed by atoms with E-state index in [1.807, 2.05) is 24.3 Å². The number of piperazine rings is 1. The van der Waals surface area contributed by atoms with Crippen LogP contribution in [0.5, 0.6) is 11.5 Å². The molecule has 2 heterocycles. The molecule has 1 saturated carbocycles. The molecule has 0 aromatic heterocycles. The molecule has 0 N–H and O–H groups in total. The van der Waals surface area contributed by atoms with Gasteiger partial charge in [-0.2, -0.15) is 0 Å². The van der Waals surface area contributed by atoms with Crippen molar-refractivity contribution in [3.05, 3.63) is 59.9 Å². The van der Waals surface area contributed by atoms with Gasteiger partial charge in [0.25, 0.3) is 5.91 Å². The fourth-order valence-electron chi connectivity index (χ4n) is 5.00. The third-order valence-corrected chi connectivity index (χ3v) is 6.62. The van der Waals surface area contributed by atoms with Crippen LogP contribution < -0.4 is 9.47 Å². The predicted octanol–water partition coefficient (Wildman–Crippen LogP) is 3.71. The van der Waals surface area contributed by atoms with Crippen LogP contribution in [0.3, 0.4) is 0 Å². The maximum absolute atomic E-state index is 13.7. The lowest BCUT2D eigenvalue weighted by molar-refractivity contribution is -0.160. The number of ether oxygens (including phenoxy) is 2. The molecule has 0 spiro atoms. The molecule has 1 saturated heterocycles. The molecule has 2 aromatic rings. The van der Waals surface area contributed by atoms with Gasteiger partial charge in [0, 0.05) is 6.04 Å². The van der Waals surface area contributed by atoms with E-state index in [-0.39, 0.29) is 43.4 Å². The Morgan fingerprint density at radius 2 is 1.66 bits per heavy atom. The Bertz CT molecular complexity index is 990. The van der Waals surface area contributed by atoms with E-state index in [1.165, 1.54) is 18.6 Å². The summed E-state index contributed by atoms with van der Waals surface area (Å²) in [4.78, 5) is 30.3. The number of rotatable bonds is 4. The van der Waals surface area contributed by atoms with Crippen molar-refractivity contribution in [1.82, 2.24) is 9.80 Å². The third kappa shape index (κ3) is 4.04. The molecule has 2 aromatic carbocycles. The molecule has 3 aliphatic rings. The first-order valence-corrected chi connectivity index (χ1v) is 11.3. The van der Waals surface area contributed by atoms with E-state index in [2.05, 4.69) is 0 Å². The molecule has 0 unspecified atom stereocenters. The molecular weight excluding hydrogens is 411 g/mol. The molecule has 1 aliphatic carbocycles. The number of para-hydroxylation sites is 2. The van der Waals surface area contributed by atoms with Gasteiger partial charge in [-0.3, -0.25) is 9.59 Å². The Labute approximate surface area is 186 Å². The summed E-state index contributed by atoms with van der Waals surface area (Å²) in [6.07, 6.45) is 4.75. The summed E-state index contributed by atoms with van der Waals surface area (Å²) >= 11 is 0. The van der Waals surface area contributed by atoms with Crippen LogP contribution in [0.1, 0.15) is 43.7 Å². The largest absolute Gasteiger partial charge is 0.486 e. The number of nitrogens with zero attached hydrogens (tertiary/aromatic N) is 2. The molecule has 2 fully saturated rings. The summed E-state index contributed by atoms with van der Waals surface area (Å²) in [5.74, 6) is 0.705. The number of benzene rings is 2. The van der Waals surface area contributed by atoms with Crippen LogP contribution in [0.4, 0.5) is 4.39 Å². The van der Waals surface area contributed by atoms with Gasteiger partial charge >= 0.3 is 0 Å². The van der Waals surface area contributed by atoms with Gasteiger partial charge in [-0.25, -0.2) is 4.39 Å². The molecule has 168 valence electrons. The van der Waals surface area contributed by atoms with Crippen molar-refractivity contribution in [2.75, 3.05) is 19.7 Å².